The molecule has 0 fully saturated rings. The Bertz CT molecular complexity index is 798. The summed E-state index contributed by atoms with van der Waals surface area (Å²) in [5, 5.41) is 4.34. The monoisotopic (exact) mass is 281 g/mol. The highest BCUT2D eigenvalue weighted by atomic mass is 16.5. The molecule has 0 saturated heterocycles. The minimum atomic E-state index is -0.127. The van der Waals surface area contributed by atoms with E-state index < -0.39 is 0 Å². The van der Waals surface area contributed by atoms with Crippen molar-refractivity contribution < 1.29 is 4.74 Å². The number of hydrogen-bond donors (Lipinski definition) is 2. The molecule has 3 N–H and O–H groups in total. The van der Waals surface area contributed by atoms with Gasteiger partial charge in [0.15, 0.2) is 0 Å². The molecule has 0 amide bonds. The van der Waals surface area contributed by atoms with Gasteiger partial charge in [-0.2, -0.15) is 5.10 Å². The summed E-state index contributed by atoms with van der Waals surface area (Å²) in [6.07, 6.45) is 8.09. The van der Waals surface area contributed by atoms with E-state index in [1.165, 1.54) is 5.56 Å². The van der Waals surface area contributed by atoms with Gasteiger partial charge < -0.3 is 4.74 Å². The standard InChI is InChI=1S/C15H15N5O/c16-19-15(11-1-2-14-10(7-11)3-6-21-14)12-8-18-20-5-4-17-9-13(12)20/h1-2,4-5,7-9,15,19H,3,6,16H2. The molecule has 3 heterocycles. The molecule has 6 nitrogen and oxygen atoms in total. The van der Waals surface area contributed by atoms with Crippen molar-refractivity contribution in [1.29, 1.82) is 0 Å². The normalized spacial score (nSPS) is 14.9. The molecule has 3 aromatic rings. The molecule has 1 aliphatic heterocycles. The maximum absolute atomic E-state index is 5.79. The van der Waals surface area contributed by atoms with E-state index in [1.807, 2.05) is 24.5 Å². The molecule has 1 unspecified atom stereocenters. The predicted octanol–water partition coefficient (Wildman–Crippen LogP) is 1.22. The van der Waals surface area contributed by atoms with Crippen molar-refractivity contribution in [1.82, 2.24) is 20.0 Å². The molecule has 2 aromatic heterocycles. The van der Waals surface area contributed by atoms with Crippen molar-refractivity contribution >= 4 is 5.52 Å². The number of nitrogens with zero attached hydrogens (tertiary/aromatic N) is 3. The zero-order valence-electron chi connectivity index (χ0n) is 11.4. The van der Waals surface area contributed by atoms with Crippen molar-refractivity contribution in [3.63, 3.8) is 0 Å². The molecule has 0 bridgehead atoms. The van der Waals surface area contributed by atoms with Gasteiger partial charge in [0, 0.05) is 24.4 Å². The summed E-state index contributed by atoms with van der Waals surface area (Å²) in [5.41, 5.74) is 7.15. The van der Waals surface area contributed by atoms with Crippen LogP contribution in [0, 0.1) is 0 Å². The summed E-state index contributed by atoms with van der Waals surface area (Å²) in [4.78, 5) is 4.16. The van der Waals surface area contributed by atoms with E-state index in [-0.39, 0.29) is 6.04 Å². The van der Waals surface area contributed by atoms with Gasteiger partial charge in [0.2, 0.25) is 0 Å². The second kappa shape index (κ2) is 4.83. The van der Waals surface area contributed by atoms with E-state index in [4.69, 9.17) is 10.6 Å². The zero-order chi connectivity index (χ0) is 14.2. The van der Waals surface area contributed by atoms with E-state index in [0.717, 1.165) is 35.4 Å². The Morgan fingerprint density at radius 3 is 3.19 bits per heavy atom. The number of nitrogens with one attached hydrogen (secondary N) is 1. The van der Waals surface area contributed by atoms with Crippen LogP contribution in [0.2, 0.25) is 0 Å². The van der Waals surface area contributed by atoms with E-state index in [0.29, 0.717) is 0 Å². The van der Waals surface area contributed by atoms with E-state index in [2.05, 4.69) is 21.6 Å². The molecule has 0 saturated carbocycles. The molecular weight excluding hydrogens is 266 g/mol. The molecule has 0 spiro atoms. The lowest BCUT2D eigenvalue weighted by Crippen LogP contribution is -2.28. The Balaban J connectivity index is 1.81. The molecular formula is C15H15N5O. The fourth-order valence-electron chi connectivity index (χ4n) is 2.83. The number of benzene rings is 1. The second-order valence-corrected chi connectivity index (χ2v) is 5.07. The van der Waals surface area contributed by atoms with Crippen LogP contribution in [-0.2, 0) is 6.42 Å². The Morgan fingerprint density at radius 2 is 2.29 bits per heavy atom. The van der Waals surface area contributed by atoms with Crippen LogP contribution < -0.4 is 16.0 Å². The van der Waals surface area contributed by atoms with Gasteiger partial charge in [0.05, 0.1) is 30.6 Å². The average molecular weight is 281 g/mol. The van der Waals surface area contributed by atoms with Gasteiger partial charge >= 0.3 is 0 Å². The third-order valence-corrected chi connectivity index (χ3v) is 3.88. The summed E-state index contributed by atoms with van der Waals surface area (Å²) >= 11 is 0. The number of nitrogens with two attached hydrogens (primary N) is 1. The lowest BCUT2D eigenvalue weighted by atomic mass is 9.98. The van der Waals surface area contributed by atoms with E-state index in [1.54, 1.807) is 16.9 Å². The maximum atomic E-state index is 5.79. The van der Waals surface area contributed by atoms with Crippen molar-refractivity contribution in [2.45, 2.75) is 12.5 Å². The minimum absolute atomic E-state index is 0.127. The Labute approximate surface area is 121 Å². The van der Waals surface area contributed by atoms with Gasteiger partial charge in [-0.1, -0.05) is 12.1 Å². The molecule has 106 valence electrons. The number of rotatable bonds is 3. The van der Waals surface area contributed by atoms with Crippen LogP contribution in [0.25, 0.3) is 5.52 Å². The van der Waals surface area contributed by atoms with Crippen molar-refractivity contribution in [3.05, 3.63) is 59.7 Å². The van der Waals surface area contributed by atoms with E-state index >= 15 is 0 Å². The van der Waals surface area contributed by atoms with Crippen molar-refractivity contribution in [2.24, 2.45) is 5.84 Å². The second-order valence-electron chi connectivity index (χ2n) is 5.07. The number of hydrazine groups is 1. The Hall–Kier alpha value is -2.44. The third-order valence-electron chi connectivity index (χ3n) is 3.88. The summed E-state index contributed by atoms with van der Waals surface area (Å²) in [6, 6.07) is 6.06. The SMILES string of the molecule is NNC(c1ccc2c(c1)CCO2)c1cnn2ccncc12. The summed E-state index contributed by atoms with van der Waals surface area (Å²) in [6.45, 7) is 0.750. The van der Waals surface area contributed by atoms with E-state index in [9.17, 15) is 0 Å². The fourth-order valence-corrected chi connectivity index (χ4v) is 2.83. The van der Waals surface area contributed by atoms with Crippen LogP contribution in [0.4, 0.5) is 0 Å². The quantitative estimate of drug-likeness (QED) is 0.557. The van der Waals surface area contributed by atoms with Gasteiger partial charge in [0.25, 0.3) is 0 Å². The fraction of sp³-hybridized carbons (Fsp3) is 0.200. The van der Waals surface area contributed by atoms with Crippen LogP contribution in [0.15, 0.2) is 43.0 Å². The first-order chi connectivity index (χ1) is 10.4. The molecule has 6 heteroatoms. The van der Waals surface area contributed by atoms with Crippen LogP contribution >= 0.6 is 0 Å². The molecule has 4 rings (SSSR count). The highest BCUT2D eigenvalue weighted by Crippen LogP contribution is 2.31. The number of hydrogen-bond acceptors (Lipinski definition) is 5. The average Bonchev–Trinajstić information content (AvgIpc) is 3.15. The maximum Gasteiger partial charge on any atom is 0.122 e. The topological polar surface area (TPSA) is 77.5 Å². The summed E-state index contributed by atoms with van der Waals surface area (Å²) in [5.74, 6) is 6.76. The Kier molecular flexibility index (Phi) is 2.83. The van der Waals surface area contributed by atoms with Crippen LogP contribution in [-0.4, -0.2) is 21.2 Å². The molecule has 1 atom stereocenters. The van der Waals surface area contributed by atoms with Gasteiger partial charge in [-0.05, 0) is 17.2 Å². The van der Waals surface area contributed by atoms with Gasteiger partial charge in [-0.3, -0.25) is 10.8 Å². The summed E-state index contributed by atoms with van der Waals surface area (Å²) < 4.78 is 7.34. The number of fused-ring (bicyclic) bond motifs is 2. The van der Waals surface area contributed by atoms with Gasteiger partial charge in [0.1, 0.15) is 5.75 Å². The van der Waals surface area contributed by atoms with Crippen molar-refractivity contribution in [3.8, 4) is 5.75 Å². The molecule has 21 heavy (non-hydrogen) atoms. The van der Waals surface area contributed by atoms with Crippen LogP contribution in [0.3, 0.4) is 0 Å². The smallest absolute Gasteiger partial charge is 0.122 e. The Morgan fingerprint density at radius 1 is 1.33 bits per heavy atom. The highest BCUT2D eigenvalue weighted by Gasteiger charge is 2.20. The van der Waals surface area contributed by atoms with Gasteiger partial charge in [-0.15, -0.1) is 0 Å². The van der Waals surface area contributed by atoms with Crippen LogP contribution in [0.1, 0.15) is 22.7 Å². The van der Waals surface area contributed by atoms with Gasteiger partial charge in [-0.25, -0.2) is 9.94 Å². The first kappa shape index (κ1) is 12.3. The predicted molar refractivity (Wildman–Crippen MR) is 77.8 cm³/mol. The molecule has 0 radical (unpaired) electrons. The minimum Gasteiger partial charge on any atom is -0.493 e. The lowest BCUT2D eigenvalue weighted by Gasteiger charge is -2.16. The van der Waals surface area contributed by atoms with Crippen molar-refractivity contribution in [2.75, 3.05) is 6.61 Å². The number of aromatic nitrogens is 3. The number of ether oxygens (including phenoxy) is 1. The largest absolute Gasteiger partial charge is 0.493 e. The first-order valence-electron chi connectivity index (χ1n) is 6.86. The molecule has 1 aliphatic rings. The van der Waals surface area contributed by atoms with Crippen LogP contribution in [0.5, 0.6) is 5.75 Å². The first-order valence-corrected chi connectivity index (χ1v) is 6.86. The zero-order valence-corrected chi connectivity index (χ0v) is 11.4. The third kappa shape index (κ3) is 1.96. The lowest BCUT2D eigenvalue weighted by molar-refractivity contribution is 0.357. The highest BCUT2D eigenvalue weighted by molar-refractivity contribution is 5.56. The molecule has 1 aromatic carbocycles. The molecule has 0 aliphatic carbocycles. The summed E-state index contributed by atoms with van der Waals surface area (Å²) in [7, 11) is 0.